The quantitative estimate of drug-likeness (QED) is 0.497. The summed E-state index contributed by atoms with van der Waals surface area (Å²) in [6.07, 6.45) is 0. The molecule has 0 saturated carbocycles. The van der Waals surface area contributed by atoms with Gasteiger partial charge in [0.25, 0.3) is 15.9 Å². The summed E-state index contributed by atoms with van der Waals surface area (Å²) in [5.41, 5.74) is 2.82. The molecular weight excluding hydrogens is 478 g/mol. The number of halogens is 2. The van der Waals surface area contributed by atoms with Gasteiger partial charge in [-0.3, -0.25) is 9.52 Å². The van der Waals surface area contributed by atoms with Crippen LogP contribution in [0.1, 0.15) is 29.8 Å². The average Bonchev–Trinajstić information content (AvgIpc) is 3.08. The highest BCUT2D eigenvalue weighted by molar-refractivity contribution is 7.92. The molecule has 0 unspecified atom stereocenters. The van der Waals surface area contributed by atoms with Crippen LogP contribution in [0.25, 0.3) is 11.1 Å². The number of nitrogens with one attached hydrogen (secondary N) is 1. The Bertz CT molecular complexity index is 1420. The smallest absolute Gasteiger partial charge is 0.326 e. The maximum absolute atomic E-state index is 13.9. The third-order valence-electron chi connectivity index (χ3n) is 5.81. The molecule has 0 spiro atoms. The van der Waals surface area contributed by atoms with Gasteiger partial charge in [0.1, 0.15) is 22.6 Å². The van der Waals surface area contributed by atoms with E-state index in [0.29, 0.717) is 17.2 Å². The van der Waals surface area contributed by atoms with Gasteiger partial charge in [-0.1, -0.05) is 32.0 Å². The van der Waals surface area contributed by atoms with E-state index in [4.69, 9.17) is 0 Å². The second-order valence-electron chi connectivity index (χ2n) is 8.59. The van der Waals surface area contributed by atoms with Crippen LogP contribution in [0, 0.1) is 17.6 Å². The highest BCUT2D eigenvalue weighted by Crippen LogP contribution is 2.32. The monoisotopic (exact) mass is 500 g/mol. The fourth-order valence-electron chi connectivity index (χ4n) is 4.16. The van der Waals surface area contributed by atoms with Crippen molar-refractivity contribution in [2.75, 3.05) is 4.72 Å². The Labute approximate surface area is 201 Å². The second kappa shape index (κ2) is 9.10. The molecule has 1 amide bonds. The van der Waals surface area contributed by atoms with Crippen molar-refractivity contribution in [2.24, 2.45) is 5.92 Å². The van der Waals surface area contributed by atoms with Gasteiger partial charge in [0, 0.05) is 23.9 Å². The summed E-state index contributed by atoms with van der Waals surface area (Å²) in [6.45, 7) is 3.68. The standard InChI is InChI=1S/C25H22F2N2O5S/c1-14(2)23(25(31)32)29-13-17-11-16(5-9-20(17)24(29)30)15-3-7-19(8-4-15)28-35(33,34)22-10-6-18(26)12-21(22)27/h3-12,14,23,28H,13H2,1-2H3,(H,31,32)/t23-/m0/s1. The number of benzene rings is 3. The van der Waals surface area contributed by atoms with Gasteiger partial charge in [-0.15, -0.1) is 0 Å². The molecule has 0 aromatic heterocycles. The molecule has 0 bridgehead atoms. The number of anilines is 1. The molecule has 1 atom stereocenters. The van der Waals surface area contributed by atoms with Gasteiger partial charge in [0.05, 0.1) is 0 Å². The van der Waals surface area contributed by atoms with Gasteiger partial charge in [-0.05, 0) is 59.0 Å². The van der Waals surface area contributed by atoms with Gasteiger partial charge in [0.2, 0.25) is 0 Å². The highest BCUT2D eigenvalue weighted by atomic mass is 32.2. The summed E-state index contributed by atoms with van der Waals surface area (Å²) in [7, 11) is -4.26. The van der Waals surface area contributed by atoms with Crippen LogP contribution in [0.4, 0.5) is 14.5 Å². The molecule has 4 rings (SSSR count). The van der Waals surface area contributed by atoms with Crippen molar-refractivity contribution in [2.45, 2.75) is 31.3 Å². The van der Waals surface area contributed by atoms with Crippen LogP contribution in [0.3, 0.4) is 0 Å². The van der Waals surface area contributed by atoms with E-state index in [0.717, 1.165) is 23.3 Å². The molecular formula is C25H22F2N2O5S. The summed E-state index contributed by atoms with van der Waals surface area (Å²) in [6, 6.07) is 12.8. The number of carbonyl (C=O) groups is 2. The predicted octanol–water partition coefficient (Wildman–Crippen LogP) is 4.50. The molecule has 0 radical (unpaired) electrons. The van der Waals surface area contributed by atoms with Crippen LogP contribution in [-0.4, -0.2) is 36.3 Å². The number of carboxylic acid groups (broad SMARTS) is 1. The Morgan fingerprint density at radius 2 is 1.66 bits per heavy atom. The Morgan fingerprint density at radius 1 is 1.00 bits per heavy atom. The predicted molar refractivity (Wildman–Crippen MR) is 125 cm³/mol. The van der Waals surface area contributed by atoms with Gasteiger partial charge < -0.3 is 10.0 Å². The lowest BCUT2D eigenvalue weighted by atomic mass is 10.0. The molecule has 182 valence electrons. The number of carbonyl (C=O) groups excluding carboxylic acids is 1. The minimum Gasteiger partial charge on any atom is -0.480 e. The number of hydrogen-bond donors (Lipinski definition) is 2. The zero-order chi connectivity index (χ0) is 25.5. The van der Waals surface area contributed by atoms with Crippen molar-refractivity contribution < 1.29 is 31.9 Å². The lowest BCUT2D eigenvalue weighted by Gasteiger charge is -2.27. The van der Waals surface area contributed by atoms with Crippen molar-refractivity contribution >= 4 is 27.6 Å². The van der Waals surface area contributed by atoms with Gasteiger partial charge in [-0.2, -0.15) is 0 Å². The number of nitrogens with zero attached hydrogens (tertiary/aromatic N) is 1. The third kappa shape index (κ3) is 4.74. The van der Waals surface area contributed by atoms with Crippen LogP contribution in [0.5, 0.6) is 0 Å². The van der Waals surface area contributed by atoms with E-state index >= 15 is 0 Å². The van der Waals surface area contributed by atoms with E-state index in [-0.39, 0.29) is 24.1 Å². The molecule has 35 heavy (non-hydrogen) atoms. The lowest BCUT2D eigenvalue weighted by molar-refractivity contribution is -0.144. The van der Waals surface area contributed by atoms with Crippen LogP contribution in [0.15, 0.2) is 65.6 Å². The Morgan fingerprint density at radius 3 is 2.26 bits per heavy atom. The van der Waals surface area contributed by atoms with Gasteiger partial charge >= 0.3 is 5.97 Å². The minimum absolute atomic E-state index is 0.179. The first kappa shape index (κ1) is 24.3. The van der Waals surface area contributed by atoms with Crippen molar-refractivity contribution in [3.63, 3.8) is 0 Å². The number of fused-ring (bicyclic) bond motifs is 1. The van der Waals surface area contributed by atoms with Crippen molar-refractivity contribution in [1.82, 2.24) is 4.90 Å². The zero-order valence-electron chi connectivity index (χ0n) is 18.8. The molecule has 1 aliphatic rings. The SMILES string of the molecule is CC(C)[C@@H](C(=O)O)N1Cc2cc(-c3ccc(NS(=O)(=O)c4ccc(F)cc4F)cc3)ccc2C1=O. The third-order valence-corrected chi connectivity index (χ3v) is 7.23. The van der Waals surface area contributed by atoms with E-state index in [1.54, 1.807) is 44.2 Å². The number of aliphatic carboxylic acids is 1. The Balaban J connectivity index is 1.55. The van der Waals surface area contributed by atoms with E-state index < -0.39 is 38.6 Å². The number of rotatable bonds is 7. The summed E-state index contributed by atoms with van der Waals surface area (Å²) in [5.74, 6) is -3.72. The van der Waals surface area contributed by atoms with E-state index in [1.165, 1.54) is 17.0 Å². The topological polar surface area (TPSA) is 104 Å². The fourth-order valence-corrected chi connectivity index (χ4v) is 5.28. The molecule has 3 aromatic carbocycles. The molecule has 1 heterocycles. The maximum atomic E-state index is 13.9. The molecule has 10 heteroatoms. The van der Waals surface area contributed by atoms with Crippen molar-refractivity contribution in [3.05, 3.63) is 83.4 Å². The van der Waals surface area contributed by atoms with Gasteiger partial charge in [0.15, 0.2) is 0 Å². The zero-order valence-corrected chi connectivity index (χ0v) is 19.6. The number of sulfonamides is 1. The largest absolute Gasteiger partial charge is 0.480 e. The molecule has 0 saturated heterocycles. The van der Waals surface area contributed by atoms with E-state index in [9.17, 15) is 31.9 Å². The first-order valence-corrected chi connectivity index (χ1v) is 12.2. The first-order chi connectivity index (χ1) is 16.5. The van der Waals surface area contributed by atoms with Gasteiger partial charge in [-0.25, -0.2) is 22.0 Å². The van der Waals surface area contributed by atoms with Crippen LogP contribution < -0.4 is 4.72 Å². The molecule has 2 N–H and O–H groups in total. The van der Waals surface area contributed by atoms with Crippen LogP contribution in [-0.2, 0) is 21.4 Å². The summed E-state index contributed by atoms with van der Waals surface area (Å²) in [4.78, 5) is 25.2. The van der Waals surface area contributed by atoms with E-state index in [2.05, 4.69) is 4.72 Å². The first-order valence-electron chi connectivity index (χ1n) is 10.7. The molecule has 0 aliphatic carbocycles. The number of amides is 1. The Hall–Kier alpha value is -3.79. The van der Waals surface area contributed by atoms with E-state index in [1.807, 2.05) is 0 Å². The molecule has 7 nitrogen and oxygen atoms in total. The number of carboxylic acids is 1. The van der Waals surface area contributed by atoms with Crippen molar-refractivity contribution in [3.8, 4) is 11.1 Å². The van der Waals surface area contributed by atoms with Crippen LogP contribution >= 0.6 is 0 Å². The summed E-state index contributed by atoms with van der Waals surface area (Å²) < 4.78 is 54.2. The summed E-state index contributed by atoms with van der Waals surface area (Å²) in [5, 5.41) is 9.56. The second-order valence-corrected chi connectivity index (χ2v) is 10.2. The average molecular weight is 501 g/mol. The molecule has 0 fully saturated rings. The Kier molecular flexibility index (Phi) is 6.33. The normalized spacial score (nSPS) is 14.2. The highest BCUT2D eigenvalue weighted by Gasteiger charge is 2.38. The fraction of sp³-hybridized carbons (Fsp3) is 0.200. The lowest BCUT2D eigenvalue weighted by Crippen LogP contribution is -2.44. The van der Waals surface area contributed by atoms with Crippen LogP contribution in [0.2, 0.25) is 0 Å². The van der Waals surface area contributed by atoms with Crippen molar-refractivity contribution in [1.29, 1.82) is 0 Å². The molecule has 3 aromatic rings. The molecule has 1 aliphatic heterocycles. The maximum Gasteiger partial charge on any atom is 0.326 e. The summed E-state index contributed by atoms with van der Waals surface area (Å²) >= 11 is 0. The number of hydrogen-bond acceptors (Lipinski definition) is 4. The minimum atomic E-state index is -4.26.